The van der Waals surface area contributed by atoms with Crippen molar-refractivity contribution in [3.63, 3.8) is 0 Å². The molecule has 144 valence electrons. The highest BCUT2D eigenvalue weighted by Gasteiger charge is 2.25. The molecule has 0 atom stereocenters. The summed E-state index contributed by atoms with van der Waals surface area (Å²) in [6.45, 7) is 0. The number of thioether (sulfide) groups is 1. The second-order valence-electron chi connectivity index (χ2n) is 6.33. The van der Waals surface area contributed by atoms with Crippen LogP contribution in [-0.2, 0) is 0 Å². The van der Waals surface area contributed by atoms with Gasteiger partial charge in [0, 0.05) is 11.6 Å². The lowest BCUT2D eigenvalue weighted by Gasteiger charge is -2.25. The zero-order valence-electron chi connectivity index (χ0n) is 15.9. The monoisotopic (exact) mass is 388 g/mol. The molecule has 8 heteroatoms. The maximum atomic E-state index is 8.97. The van der Waals surface area contributed by atoms with E-state index in [0.29, 0.717) is 29.0 Å². The van der Waals surface area contributed by atoms with E-state index < -0.39 is 0 Å². The topological polar surface area (TPSA) is 82.2 Å². The molecule has 3 rings (SSSR count). The van der Waals surface area contributed by atoms with Crippen LogP contribution in [0.4, 0.5) is 0 Å². The number of rotatable bonds is 7. The molecule has 0 aliphatic heterocycles. The van der Waals surface area contributed by atoms with Gasteiger partial charge >= 0.3 is 0 Å². The third-order valence-corrected chi connectivity index (χ3v) is 5.60. The van der Waals surface area contributed by atoms with E-state index in [4.69, 9.17) is 19.5 Å². The largest absolute Gasteiger partial charge is 0.493 e. The van der Waals surface area contributed by atoms with Crippen molar-refractivity contribution < 1.29 is 14.2 Å². The molecule has 0 bridgehead atoms. The molecular formula is C19H24N4O3S. The van der Waals surface area contributed by atoms with Gasteiger partial charge in [-0.05, 0) is 25.0 Å². The van der Waals surface area contributed by atoms with E-state index in [0.717, 1.165) is 29.4 Å². The van der Waals surface area contributed by atoms with Crippen LogP contribution in [0, 0.1) is 11.3 Å². The summed E-state index contributed by atoms with van der Waals surface area (Å²) in [5.41, 5.74) is 0.853. The van der Waals surface area contributed by atoms with Crippen LogP contribution < -0.4 is 14.2 Å². The van der Waals surface area contributed by atoms with E-state index >= 15 is 0 Å². The summed E-state index contributed by atoms with van der Waals surface area (Å²) in [6, 6.07) is 6.29. The van der Waals surface area contributed by atoms with Gasteiger partial charge in [-0.15, -0.1) is 10.2 Å². The second-order valence-corrected chi connectivity index (χ2v) is 7.27. The SMILES string of the molecule is COc1cc(-c2nnc(SCC#N)n2C2CCCCC2)cc(OC)c1OC. The predicted molar refractivity (Wildman–Crippen MR) is 104 cm³/mol. The quantitative estimate of drug-likeness (QED) is 0.661. The Hall–Kier alpha value is -2.40. The molecule has 1 saturated carbocycles. The Morgan fingerprint density at radius 1 is 1.07 bits per heavy atom. The Labute approximate surface area is 163 Å². The summed E-state index contributed by atoms with van der Waals surface area (Å²) < 4.78 is 18.6. The Bertz CT molecular complexity index is 800. The third-order valence-electron chi connectivity index (χ3n) is 4.79. The minimum absolute atomic E-state index is 0.337. The summed E-state index contributed by atoms with van der Waals surface area (Å²) in [5, 5.41) is 18.6. The number of nitrogens with zero attached hydrogens (tertiary/aromatic N) is 4. The molecule has 1 heterocycles. The van der Waals surface area contributed by atoms with E-state index in [1.807, 2.05) is 12.1 Å². The highest BCUT2D eigenvalue weighted by Crippen LogP contribution is 2.42. The van der Waals surface area contributed by atoms with E-state index in [1.165, 1.54) is 31.0 Å². The first-order valence-corrected chi connectivity index (χ1v) is 9.97. The van der Waals surface area contributed by atoms with Gasteiger partial charge in [-0.25, -0.2) is 0 Å². The van der Waals surface area contributed by atoms with E-state index in [-0.39, 0.29) is 0 Å². The summed E-state index contributed by atoms with van der Waals surface area (Å²) in [6.07, 6.45) is 5.84. The summed E-state index contributed by atoms with van der Waals surface area (Å²) in [5.74, 6) is 2.82. The molecule has 0 radical (unpaired) electrons. The first-order valence-electron chi connectivity index (χ1n) is 8.98. The molecule has 0 unspecified atom stereocenters. The predicted octanol–water partition coefficient (Wildman–Crippen LogP) is 4.09. The number of aromatic nitrogens is 3. The van der Waals surface area contributed by atoms with Gasteiger partial charge < -0.3 is 14.2 Å². The van der Waals surface area contributed by atoms with Gasteiger partial charge in [0.2, 0.25) is 5.75 Å². The van der Waals surface area contributed by atoms with Crippen LogP contribution >= 0.6 is 11.8 Å². The molecule has 7 nitrogen and oxygen atoms in total. The van der Waals surface area contributed by atoms with Gasteiger partial charge in [-0.1, -0.05) is 31.0 Å². The smallest absolute Gasteiger partial charge is 0.203 e. The molecule has 0 spiro atoms. The molecular weight excluding hydrogens is 364 g/mol. The van der Waals surface area contributed by atoms with Crippen molar-refractivity contribution in [2.75, 3.05) is 27.1 Å². The number of hydrogen-bond donors (Lipinski definition) is 0. The van der Waals surface area contributed by atoms with Crippen molar-refractivity contribution in [3.8, 4) is 34.7 Å². The van der Waals surface area contributed by atoms with Crippen molar-refractivity contribution in [1.29, 1.82) is 5.26 Å². The van der Waals surface area contributed by atoms with Crippen LogP contribution in [0.2, 0.25) is 0 Å². The molecule has 0 saturated heterocycles. The highest BCUT2D eigenvalue weighted by molar-refractivity contribution is 7.99. The number of ether oxygens (including phenoxy) is 3. The van der Waals surface area contributed by atoms with Crippen LogP contribution in [0.5, 0.6) is 17.2 Å². The van der Waals surface area contributed by atoms with Gasteiger partial charge in [-0.3, -0.25) is 4.57 Å². The molecule has 2 aromatic rings. The van der Waals surface area contributed by atoms with Gasteiger partial charge in [0.05, 0.1) is 33.2 Å². The maximum Gasteiger partial charge on any atom is 0.203 e. The van der Waals surface area contributed by atoms with Crippen LogP contribution in [0.1, 0.15) is 38.1 Å². The second kappa shape index (κ2) is 9.00. The summed E-state index contributed by atoms with van der Waals surface area (Å²) in [4.78, 5) is 0. The third kappa shape index (κ3) is 3.98. The van der Waals surface area contributed by atoms with Crippen LogP contribution in [0.15, 0.2) is 17.3 Å². The van der Waals surface area contributed by atoms with Gasteiger partial charge in [0.25, 0.3) is 0 Å². The van der Waals surface area contributed by atoms with Crippen molar-refractivity contribution >= 4 is 11.8 Å². The van der Waals surface area contributed by atoms with Crippen LogP contribution in [0.3, 0.4) is 0 Å². The maximum absolute atomic E-state index is 8.97. The molecule has 1 aliphatic carbocycles. The molecule has 1 aromatic heterocycles. The van der Waals surface area contributed by atoms with Crippen LogP contribution in [-0.4, -0.2) is 41.8 Å². The number of hydrogen-bond acceptors (Lipinski definition) is 7. The van der Waals surface area contributed by atoms with E-state index in [1.54, 1.807) is 21.3 Å². The standard InChI is InChI=1S/C19H24N4O3S/c1-24-15-11-13(12-16(25-2)17(15)26-3)18-21-22-19(27-10-9-20)23(18)14-7-5-4-6-8-14/h11-12,14H,4-8,10H2,1-3H3. The van der Waals surface area contributed by atoms with Gasteiger partial charge in [0.1, 0.15) is 0 Å². The normalized spacial score (nSPS) is 14.6. The van der Waals surface area contributed by atoms with Gasteiger partial charge in [-0.2, -0.15) is 5.26 Å². The molecule has 0 amide bonds. The fourth-order valence-corrected chi connectivity index (χ4v) is 4.21. The van der Waals surface area contributed by atoms with Crippen molar-refractivity contribution in [1.82, 2.24) is 14.8 Å². The van der Waals surface area contributed by atoms with Crippen molar-refractivity contribution in [2.24, 2.45) is 0 Å². The Morgan fingerprint density at radius 3 is 2.30 bits per heavy atom. The zero-order chi connectivity index (χ0) is 19.2. The van der Waals surface area contributed by atoms with E-state index in [2.05, 4.69) is 20.8 Å². The highest BCUT2D eigenvalue weighted by atomic mass is 32.2. The fraction of sp³-hybridized carbons (Fsp3) is 0.526. The van der Waals surface area contributed by atoms with Gasteiger partial charge in [0.15, 0.2) is 22.5 Å². The lowest BCUT2D eigenvalue weighted by molar-refractivity contribution is 0.324. The molecule has 0 N–H and O–H groups in total. The first kappa shape index (κ1) is 19.4. The number of methoxy groups -OCH3 is 3. The molecule has 1 aliphatic rings. The number of benzene rings is 1. The van der Waals surface area contributed by atoms with E-state index in [9.17, 15) is 0 Å². The van der Waals surface area contributed by atoms with Crippen molar-refractivity contribution in [3.05, 3.63) is 12.1 Å². The van der Waals surface area contributed by atoms with Crippen molar-refractivity contribution in [2.45, 2.75) is 43.3 Å². The lowest BCUT2D eigenvalue weighted by Crippen LogP contribution is -2.15. The minimum atomic E-state index is 0.337. The molecule has 1 fully saturated rings. The molecule has 1 aromatic carbocycles. The van der Waals surface area contributed by atoms with Crippen LogP contribution in [0.25, 0.3) is 11.4 Å². The Morgan fingerprint density at radius 2 is 1.74 bits per heavy atom. The lowest BCUT2D eigenvalue weighted by atomic mass is 9.95. The molecule has 27 heavy (non-hydrogen) atoms. The minimum Gasteiger partial charge on any atom is -0.493 e. The Balaban J connectivity index is 2.10. The summed E-state index contributed by atoms with van der Waals surface area (Å²) >= 11 is 1.42. The fourth-order valence-electron chi connectivity index (χ4n) is 3.55. The summed E-state index contributed by atoms with van der Waals surface area (Å²) in [7, 11) is 4.78. The Kier molecular flexibility index (Phi) is 6.45. The average molecular weight is 388 g/mol. The average Bonchev–Trinajstić information content (AvgIpc) is 3.15. The zero-order valence-corrected chi connectivity index (χ0v) is 16.7. The number of nitriles is 1. The first-order chi connectivity index (χ1) is 13.2.